The van der Waals surface area contributed by atoms with E-state index in [1.165, 1.54) is 122 Å². The first kappa shape index (κ1) is 92.6. The first-order valence-corrected chi connectivity index (χ1v) is 45.8. The van der Waals surface area contributed by atoms with Crippen LogP contribution in [0.1, 0.15) is 271 Å². The van der Waals surface area contributed by atoms with Gasteiger partial charge in [0.1, 0.15) is 36.3 Å². The maximum Gasteiger partial charge on any atom is 0.392 e. The Morgan fingerprint density at radius 2 is 0.571 bits per heavy atom. The molecule has 25 heteroatoms. The highest BCUT2D eigenvalue weighted by atomic mass is 16.6. The van der Waals surface area contributed by atoms with Gasteiger partial charge in [0, 0.05) is 39.3 Å². The maximum atomic E-state index is 12.5. The van der Waals surface area contributed by atoms with E-state index < -0.39 is 29.1 Å². The Balaban J connectivity index is 0.000000126. The van der Waals surface area contributed by atoms with Gasteiger partial charge in [0.15, 0.2) is 0 Å². The minimum Gasteiger partial charge on any atom is -0.478 e. The lowest BCUT2D eigenvalue weighted by Gasteiger charge is -2.32. The molecule has 0 bridgehead atoms. The molecule has 4 N–H and O–H groups in total. The zero-order chi connectivity index (χ0) is 93.9. The standard InChI is InChI=1S/C29H32N2O4.2C25H24N2O4.C25H31NO2.C4H3NO3/c1-19-17-22(27(33)35-28(2,3)4)9-10-23(19)20-5-7-21(8-6-20)24-18-29(24)11-14-31(15-12-29)26(32)25-30-13-16-34-25;2*1-16-14-19(24(29)30)6-7-20(16)17-2-4-18(5-3-17)21-15-25(21)8-11-27(12-9-25)23(28)22-26-10-13-31-22;1-17-15-20(23(27)28-24(2,3)4)9-10-21(17)18-5-7-19(8-6-18)22-16-25(22)11-13-26-14-12-25;6-4(7)3-5-1-2-8-3/h5-10,13,16-17,24H,11-12,14-15,18H2,1-4H3;2*2-7,10,13-14,21H,8-9,11-12,15H2,1H3,(H,29,30);5-10,15,22,26H,11-14,16H2,1-4H3;1-2H,(H,6,7)/t;2*21-;;/m.10../s1. The normalized spacial score (nSPS) is 18.9. The molecule has 0 radical (unpaired) electrons. The van der Waals surface area contributed by atoms with Crippen molar-refractivity contribution < 1.29 is 80.8 Å². The van der Waals surface area contributed by atoms with E-state index in [1.807, 2.05) is 126 Å². The van der Waals surface area contributed by atoms with Gasteiger partial charge in [-0.2, -0.15) is 0 Å². The molecule has 688 valence electrons. The molecule has 8 fully saturated rings. The van der Waals surface area contributed by atoms with Gasteiger partial charge in [-0.3, -0.25) is 14.4 Å². The molecule has 4 aliphatic carbocycles. The van der Waals surface area contributed by atoms with E-state index in [0.29, 0.717) is 61.7 Å². The Morgan fingerprint density at radius 3 is 0.789 bits per heavy atom. The maximum absolute atomic E-state index is 12.5. The fourth-order valence-corrected chi connectivity index (χ4v) is 20.3. The molecule has 4 saturated heterocycles. The van der Waals surface area contributed by atoms with E-state index in [-0.39, 0.29) is 53.2 Å². The monoisotopic (exact) mass is 1790 g/mol. The molecule has 4 aliphatic heterocycles. The molecule has 25 nitrogen and oxygen atoms in total. The highest BCUT2D eigenvalue weighted by Crippen LogP contribution is 2.68. The number of amides is 3. The van der Waals surface area contributed by atoms with E-state index in [1.54, 1.807) is 24.3 Å². The molecule has 8 aliphatic rings. The van der Waals surface area contributed by atoms with Crippen LogP contribution in [-0.2, 0) is 9.47 Å². The third kappa shape index (κ3) is 21.3. The zero-order valence-electron chi connectivity index (χ0n) is 76.9. The van der Waals surface area contributed by atoms with E-state index in [4.69, 9.17) is 38.0 Å². The number of oxazole rings is 4. The van der Waals surface area contributed by atoms with Crippen LogP contribution in [0.15, 0.2) is 237 Å². The fourth-order valence-electron chi connectivity index (χ4n) is 20.3. The smallest absolute Gasteiger partial charge is 0.392 e. The van der Waals surface area contributed by atoms with Crippen molar-refractivity contribution in [1.82, 2.24) is 40.0 Å². The topological polar surface area (TPSA) is 342 Å². The van der Waals surface area contributed by atoms with Crippen molar-refractivity contribution >= 4 is 47.6 Å². The highest BCUT2D eigenvalue weighted by Gasteiger charge is 2.59. The van der Waals surface area contributed by atoms with Gasteiger partial charge in [0.05, 0.1) is 47.0 Å². The largest absolute Gasteiger partial charge is 0.478 e. The second-order valence-corrected chi connectivity index (χ2v) is 39.0. The van der Waals surface area contributed by atoms with E-state index in [9.17, 15) is 38.4 Å². The van der Waals surface area contributed by atoms with Crippen LogP contribution in [0.4, 0.5) is 0 Å². The number of carboxylic acids is 3. The number of nitrogens with zero attached hydrogens (tertiary/aromatic N) is 7. The number of ether oxygens (including phenoxy) is 2. The first-order chi connectivity index (χ1) is 63.7. The number of hydrogen-bond acceptors (Lipinski definition) is 19. The SMILES string of the molecule is Cc1cc(C(=O)O)ccc1-c1ccc([C@@H]2CC23CCN(C(=O)c2ncco2)CC3)cc1.Cc1cc(C(=O)O)ccc1-c1ccc([C@H]2CC23CCN(C(=O)c2ncco2)CC3)cc1.Cc1cc(C(=O)OC(C)(C)C)ccc1-c1ccc(C2CC23CCN(C(=O)c2ncco2)CC3)cc1.Cc1cc(C(=O)OC(C)(C)C)ccc1-c1ccc(C2CC23CCNCC3)cc1.O=C(O)c1ncco1. The quantitative estimate of drug-likeness (QED) is 0.0653. The van der Waals surface area contributed by atoms with E-state index in [2.05, 4.69) is 134 Å². The van der Waals surface area contributed by atoms with Crippen molar-refractivity contribution in [1.29, 1.82) is 0 Å². The number of aryl methyl sites for hydroxylation is 4. The molecule has 4 aromatic heterocycles. The number of carbonyl (C=O) groups is 8. The molecule has 4 spiro atoms. The Labute approximate surface area is 773 Å². The fraction of sp³-hybridized carbons (Fsp3) is 0.370. The van der Waals surface area contributed by atoms with Gasteiger partial charge in [-0.15, -0.1) is 0 Å². The van der Waals surface area contributed by atoms with Crippen LogP contribution < -0.4 is 5.32 Å². The zero-order valence-corrected chi connectivity index (χ0v) is 76.9. The van der Waals surface area contributed by atoms with Gasteiger partial charge in [-0.05, 0) is 342 Å². The van der Waals surface area contributed by atoms with E-state index >= 15 is 0 Å². The summed E-state index contributed by atoms with van der Waals surface area (Å²) in [6, 6.07) is 57.3. The minimum absolute atomic E-state index is 0.112. The summed E-state index contributed by atoms with van der Waals surface area (Å²) in [7, 11) is 0. The lowest BCUT2D eigenvalue weighted by Crippen LogP contribution is -2.39. The minimum atomic E-state index is -1.14. The molecule has 3 amide bonds. The second-order valence-electron chi connectivity index (χ2n) is 39.0. The molecule has 12 aromatic rings. The van der Waals surface area contributed by atoms with Crippen LogP contribution in [0.2, 0.25) is 0 Å². The molecular formula is C108H114N8O17. The molecule has 4 saturated carbocycles. The average Bonchev–Trinajstić information content (AvgIpc) is 1.59. The Kier molecular flexibility index (Phi) is 26.6. The molecule has 8 aromatic carbocycles. The summed E-state index contributed by atoms with van der Waals surface area (Å²) in [6.45, 7) is 26.1. The number of aromatic carboxylic acids is 3. The summed E-state index contributed by atoms with van der Waals surface area (Å²) in [5.74, 6) is -1.26. The molecular weight excluding hydrogens is 1680 g/mol. The van der Waals surface area contributed by atoms with Crippen molar-refractivity contribution in [3.05, 3.63) is 310 Å². The van der Waals surface area contributed by atoms with Crippen LogP contribution in [0.5, 0.6) is 0 Å². The van der Waals surface area contributed by atoms with Gasteiger partial charge in [-0.25, -0.2) is 43.9 Å². The summed E-state index contributed by atoms with van der Waals surface area (Å²) in [5.41, 5.74) is 20.8. The lowest BCUT2D eigenvalue weighted by molar-refractivity contribution is 0.00569. The Morgan fingerprint density at radius 1 is 0.331 bits per heavy atom. The van der Waals surface area contributed by atoms with Gasteiger partial charge < -0.3 is 62.5 Å². The Hall–Kier alpha value is -13.7. The molecule has 4 atom stereocenters. The van der Waals surface area contributed by atoms with Crippen LogP contribution in [0, 0.1) is 49.4 Å². The third-order valence-electron chi connectivity index (χ3n) is 28.1. The number of piperidine rings is 4. The van der Waals surface area contributed by atoms with Crippen LogP contribution >= 0.6 is 0 Å². The van der Waals surface area contributed by atoms with Gasteiger partial charge in [-0.1, -0.05) is 121 Å². The number of benzene rings is 8. The summed E-state index contributed by atoms with van der Waals surface area (Å²) in [6.07, 6.45) is 24.8. The van der Waals surface area contributed by atoms with Crippen molar-refractivity contribution in [3.8, 4) is 44.5 Å². The summed E-state index contributed by atoms with van der Waals surface area (Å²) >= 11 is 0. The molecule has 133 heavy (non-hydrogen) atoms. The van der Waals surface area contributed by atoms with Gasteiger partial charge in [0.25, 0.3) is 17.7 Å². The molecule has 8 heterocycles. The van der Waals surface area contributed by atoms with E-state index in [0.717, 1.165) is 152 Å². The van der Waals surface area contributed by atoms with Crippen molar-refractivity contribution in [3.63, 3.8) is 0 Å². The number of esters is 2. The number of aromatic nitrogens is 4. The number of carboxylic acid groups (broad SMARTS) is 3. The van der Waals surface area contributed by atoms with Crippen LogP contribution in [0.3, 0.4) is 0 Å². The van der Waals surface area contributed by atoms with Crippen LogP contribution in [-0.4, -0.2) is 161 Å². The lowest BCUT2D eigenvalue weighted by atomic mass is 9.88. The summed E-state index contributed by atoms with van der Waals surface area (Å²) < 4.78 is 30.8. The summed E-state index contributed by atoms with van der Waals surface area (Å²) in [5, 5.41) is 29.9. The number of nitrogens with one attached hydrogen (secondary N) is 1. The Bertz CT molecular complexity index is 6020. The van der Waals surface area contributed by atoms with Crippen molar-refractivity contribution in [2.45, 2.75) is 181 Å². The van der Waals surface area contributed by atoms with Gasteiger partial charge in [0.2, 0.25) is 0 Å². The van der Waals surface area contributed by atoms with Crippen molar-refractivity contribution in [2.24, 2.45) is 21.7 Å². The first-order valence-electron chi connectivity index (χ1n) is 45.8. The van der Waals surface area contributed by atoms with Gasteiger partial charge >= 0.3 is 53.5 Å². The number of rotatable bonds is 16. The summed E-state index contributed by atoms with van der Waals surface area (Å²) in [4.78, 5) is 115. The average molecular weight is 1800 g/mol. The predicted molar refractivity (Wildman–Crippen MR) is 500 cm³/mol. The third-order valence-corrected chi connectivity index (χ3v) is 28.1. The highest BCUT2D eigenvalue weighted by molar-refractivity contribution is 5.94. The predicted octanol–water partition coefficient (Wildman–Crippen LogP) is 21.4. The molecule has 2 unspecified atom stereocenters. The second kappa shape index (κ2) is 38.3. The number of likely N-dealkylation sites (tertiary alicyclic amines) is 3. The number of carbonyl (C=O) groups excluding carboxylic acids is 5. The molecule has 20 rings (SSSR count). The number of hydrogen-bond donors (Lipinski definition) is 4. The van der Waals surface area contributed by atoms with Crippen LogP contribution in [0.25, 0.3) is 44.5 Å². The van der Waals surface area contributed by atoms with Crippen molar-refractivity contribution in [2.75, 3.05) is 52.4 Å².